The maximum atomic E-state index is 11.6. The number of hydrogen-bond acceptors (Lipinski definition) is 6. The molecule has 8 heteroatoms. The number of nitrogens with one attached hydrogen (secondary N) is 2. The van der Waals surface area contributed by atoms with Gasteiger partial charge >= 0.3 is 0 Å². The summed E-state index contributed by atoms with van der Waals surface area (Å²) < 4.78 is 11.5. The lowest BCUT2D eigenvalue weighted by atomic mass is 10.1. The second kappa shape index (κ2) is 9.13. The molecule has 0 aliphatic carbocycles. The number of fused-ring (bicyclic) bond motifs is 1. The highest BCUT2D eigenvalue weighted by molar-refractivity contribution is 5.99. The van der Waals surface area contributed by atoms with Gasteiger partial charge in [0.1, 0.15) is 17.7 Å². The Hall–Kier alpha value is -4.17. The zero-order valence-corrected chi connectivity index (χ0v) is 18.0. The number of carbonyl (C=O) groups is 1. The topological polar surface area (TPSA) is 92.4 Å². The molecule has 0 radical (unpaired) electrons. The van der Waals surface area contributed by atoms with Crippen molar-refractivity contribution in [2.24, 2.45) is 0 Å². The van der Waals surface area contributed by atoms with Crippen molar-refractivity contribution in [1.82, 2.24) is 15.0 Å². The Morgan fingerprint density at radius 2 is 1.94 bits per heavy atom. The smallest absolute Gasteiger partial charge is 0.247 e. The average molecular weight is 441 g/mol. The Morgan fingerprint density at radius 1 is 1.12 bits per heavy atom. The Bertz CT molecular complexity index is 1290. The molecule has 1 fully saturated rings. The molecule has 2 aromatic heterocycles. The lowest BCUT2D eigenvalue weighted by Gasteiger charge is -2.28. The first-order chi connectivity index (χ1) is 16.2. The van der Waals surface area contributed by atoms with Crippen molar-refractivity contribution in [3.8, 4) is 22.9 Å². The van der Waals surface area contributed by atoms with Crippen molar-refractivity contribution in [2.45, 2.75) is 0 Å². The monoisotopic (exact) mass is 441 g/mol. The fraction of sp³-hybridized carbons (Fsp3) is 0.160. The summed E-state index contributed by atoms with van der Waals surface area (Å²) in [6.45, 7) is 6.79. The first-order valence-electron chi connectivity index (χ1n) is 10.7. The molecule has 33 heavy (non-hydrogen) atoms. The first kappa shape index (κ1) is 20.7. The maximum Gasteiger partial charge on any atom is 0.247 e. The number of nitrogens with zero attached hydrogens (tertiary/aromatic N) is 3. The van der Waals surface area contributed by atoms with E-state index in [1.54, 1.807) is 24.3 Å². The molecule has 4 aromatic rings. The summed E-state index contributed by atoms with van der Waals surface area (Å²) in [7, 11) is 0. The van der Waals surface area contributed by atoms with Crippen LogP contribution in [0.5, 0.6) is 11.6 Å². The number of rotatable bonds is 6. The Balaban J connectivity index is 1.39. The van der Waals surface area contributed by atoms with Crippen LogP contribution in [0.2, 0.25) is 0 Å². The lowest BCUT2D eigenvalue weighted by Crippen LogP contribution is -2.36. The summed E-state index contributed by atoms with van der Waals surface area (Å²) >= 11 is 0. The third-order valence-corrected chi connectivity index (χ3v) is 5.45. The van der Waals surface area contributed by atoms with E-state index in [4.69, 9.17) is 9.47 Å². The summed E-state index contributed by atoms with van der Waals surface area (Å²) in [6.07, 6.45) is 2.68. The molecule has 1 amide bonds. The molecule has 166 valence electrons. The standard InChI is InChI=1S/C25H23N5O3/c1-2-23(31)28-18-4-3-5-20(14-18)33-25-21-15-22(29-24(21)26-16-27-25)17-6-8-19(9-7-17)30-10-12-32-13-11-30/h2-9,14-16H,1,10-13H2,(H,28,31)(H,26,27,29). The fourth-order valence-electron chi connectivity index (χ4n) is 3.77. The van der Waals surface area contributed by atoms with Gasteiger partial charge in [0.15, 0.2) is 0 Å². The van der Waals surface area contributed by atoms with Gasteiger partial charge in [-0.1, -0.05) is 24.8 Å². The molecule has 8 nitrogen and oxygen atoms in total. The lowest BCUT2D eigenvalue weighted by molar-refractivity contribution is -0.111. The molecule has 2 aromatic carbocycles. The SMILES string of the molecule is C=CC(=O)Nc1cccc(Oc2ncnc3[nH]c(-c4ccc(N5CCOCC5)cc4)cc23)c1. The van der Waals surface area contributed by atoms with Crippen molar-refractivity contribution in [3.05, 3.63) is 73.6 Å². The van der Waals surface area contributed by atoms with Crippen LogP contribution in [0.15, 0.2) is 73.6 Å². The predicted octanol–water partition coefficient (Wildman–Crippen LogP) is 4.38. The van der Waals surface area contributed by atoms with Gasteiger partial charge in [-0.05, 0) is 42.0 Å². The van der Waals surface area contributed by atoms with Crippen molar-refractivity contribution in [3.63, 3.8) is 0 Å². The summed E-state index contributed by atoms with van der Waals surface area (Å²) in [6, 6.07) is 17.5. The number of ether oxygens (including phenoxy) is 2. The molecule has 3 heterocycles. The predicted molar refractivity (Wildman–Crippen MR) is 128 cm³/mol. The number of hydrogen-bond donors (Lipinski definition) is 2. The number of anilines is 2. The van der Waals surface area contributed by atoms with Crippen LogP contribution >= 0.6 is 0 Å². The van der Waals surface area contributed by atoms with Gasteiger partial charge < -0.3 is 24.7 Å². The zero-order chi connectivity index (χ0) is 22.6. The molecule has 2 N–H and O–H groups in total. The summed E-state index contributed by atoms with van der Waals surface area (Å²) in [5, 5.41) is 3.49. The van der Waals surface area contributed by atoms with Crippen LogP contribution in [-0.2, 0) is 9.53 Å². The second-order valence-electron chi connectivity index (χ2n) is 7.59. The van der Waals surface area contributed by atoms with Crippen LogP contribution in [0.4, 0.5) is 11.4 Å². The summed E-state index contributed by atoms with van der Waals surface area (Å²) in [4.78, 5) is 25.9. The zero-order valence-electron chi connectivity index (χ0n) is 18.0. The quantitative estimate of drug-likeness (QED) is 0.432. The van der Waals surface area contributed by atoms with E-state index in [9.17, 15) is 4.79 Å². The van der Waals surface area contributed by atoms with Crippen LogP contribution in [0.3, 0.4) is 0 Å². The van der Waals surface area contributed by atoms with Crippen LogP contribution < -0.4 is 15.0 Å². The van der Waals surface area contributed by atoms with Crippen LogP contribution in [0.1, 0.15) is 0 Å². The van der Waals surface area contributed by atoms with Crippen LogP contribution in [0.25, 0.3) is 22.3 Å². The second-order valence-corrected chi connectivity index (χ2v) is 7.59. The van der Waals surface area contributed by atoms with E-state index in [1.165, 1.54) is 18.1 Å². The highest BCUT2D eigenvalue weighted by Gasteiger charge is 2.14. The normalized spacial score (nSPS) is 13.6. The summed E-state index contributed by atoms with van der Waals surface area (Å²) in [5.41, 5.74) is 4.45. The van der Waals surface area contributed by atoms with Gasteiger partial charge in [-0.2, -0.15) is 0 Å². The minimum atomic E-state index is -0.286. The number of amides is 1. The third-order valence-electron chi connectivity index (χ3n) is 5.45. The van der Waals surface area contributed by atoms with Gasteiger partial charge in [0.25, 0.3) is 0 Å². The van der Waals surface area contributed by atoms with E-state index >= 15 is 0 Å². The molecule has 0 atom stereocenters. The van der Waals surface area contributed by atoms with Crippen LogP contribution in [0, 0.1) is 0 Å². The van der Waals surface area contributed by atoms with Gasteiger partial charge in [-0.15, -0.1) is 0 Å². The molecular formula is C25H23N5O3. The Kier molecular flexibility index (Phi) is 5.73. The number of carbonyl (C=O) groups excluding carboxylic acids is 1. The Morgan fingerprint density at radius 3 is 2.73 bits per heavy atom. The number of benzene rings is 2. The van der Waals surface area contributed by atoms with Crippen molar-refractivity contribution in [1.29, 1.82) is 0 Å². The van der Waals surface area contributed by atoms with E-state index in [0.717, 1.165) is 42.9 Å². The maximum absolute atomic E-state index is 11.6. The van der Waals surface area contributed by atoms with E-state index < -0.39 is 0 Å². The van der Waals surface area contributed by atoms with Crippen molar-refractivity contribution >= 4 is 28.3 Å². The number of H-pyrrole nitrogens is 1. The number of morpholine rings is 1. The molecule has 0 saturated carbocycles. The van der Waals surface area contributed by atoms with E-state index in [2.05, 4.69) is 56.0 Å². The largest absolute Gasteiger partial charge is 0.438 e. The highest BCUT2D eigenvalue weighted by atomic mass is 16.5. The molecule has 1 saturated heterocycles. The molecule has 1 aliphatic heterocycles. The van der Waals surface area contributed by atoms with Gasteiger partial charge in [0.05, 0.1) is 18.6 Å². The van der Waals surface area contributed by atoms with E-state index in [1.807, 2.05) is 6.07 Å². The average Bonchev–Trinajstić information content (AvgIpc) is 3.30. The van der Waals surface area contributed by atoms with Crippen molar-refractivity contribution in [2.75, 3.05) is 36.5 Å². The number of aromatic amines is 1. The molecular weight excluding hydrogens is 418 g/mol. The van der Waals surface area contributed by atoms with Crippen LogP contribution in [-0.4, -0.2) is 47.2 Å². The van der Waals surface area contributed by atoms with Crippen molar-refractivity contribution < 1.29 is 14.3 Å². The molecule has 1 aliphatic rings. The highest BCUT2D eigenvalue weighted by Crippen LogP contribution is 2.32. The summed E-state index contributed by atoms with van der Waals surface area (Å²) in [5.74, 6) is 0.695. The molecule has 0 bridgehead atoms. The van der Waals surface area contributed by atoms with Gasteiger partial charge in [0.2, 0.25) is 11.8 Å². The van der Waals surface area contributed by atoms with E-state index in [-0.39, 0.29) is 5.91 Å². The molecule has 0 spiro atoms. The minimum absolute atomic E-state index is 0.286. The van der Waals surface area contributed by atoms with E-state index in [0.29, 0.717) is 23.0 Å². The molecule has 0 unspecified atom stereocenters. The third kappa shape index (κ3) is 4.56. The minimum Gasteiger partial charge on any atom is -0.438 e. The number of aromatic nitrogens is 3. The Labute approximate surface area is 190 Å². The van der Waals surface area contributed by atoms with Gasteiger partial charge in [0, 0.05) is 36.2 Å². The first-order valence-corrected chi connectivity index (χ1v) is 10.7. The molecule has 5 rings (SSSR count). The van der Waals surface area contributed by atoms with Gasteiger partial charge in [-0.25, -0.2) is 9.97 Å². The fourth-order valence-corrected chi connectivity index (χ4v) is 3.77. The van der Waals surface area contributed by atoms with Gasteiger partial charge in [-0.3, -0.25) is 4.79 Å².